The van der Waals surface area contributed by atoms with Crippen molar-refractivity contribution in [3.63, 3.8) is 0 Å². The number of nitrogens with one attached hydrogen (secondary N) is 1. The lowest BCUT2D eigenvalue weighted by molar-refractivity contribution is -0.121. The molecule has 0 aliphatic heterocycles. The van der Waals surface area contributed by atoms with Gasteiger partial charge in [-0.25, -0.2) is 13.2 Å². The lowest BCUT2D eigenvalue weighted by Gasteiger charge is -2.23. The Kier molecular flexibility index (Phi) is 7.02. The third kappa shape index (κ3) is 5.72. The number of carbonyl (C=O) groups is 2. The van der Waals surface area contributed by atoms with Gasteiger partial charge in [0, 0.05) is 19.0 Å². The van der Waals surface area contributed by atoms with Gasteiger partial charge in [0.2, 0.25) is 15.9 Å². The molecule has 1 saturated carbocycles. The van der Waals surface area contributed by atoms with E-state index in [1.165, 1.54) is 16.4 Å². The van der Waals surface area contributed by atoms with E-state index in [0.717, 1.165) is 31.9 Å². The quantitative estimate of drug-likeness (QED) is 0.695. The van der Waals surface area contributed by atoms with E-state index in [2.05, 4.69) is 5.32 Å². The predicted octanol–water partition coefficient (Wildman–Crippen LogP) is 2.08. The average molecular weight is 382 g/mol. The first-order chi connectivity index (χ1) is 12.3. The van der Waals surface area contributed by atoms with Gasteiger partial charge in [0.05, 0.1) is 24.1 Å². The third-order valence-corrected chi connectivity index (χ3v) is 5.52. The molecule has 2 rings (SSSR count). The summed E-state index contributed by atoms with van der Waals surface area (Å²) in [5, 5.41) is 2.95. The van der Waals surface area contributed by atoms with Crippen LogP contribution in [-0.4, -0.2) is 45.7 Å². The molecule has 8 heteroatoms. The van der Waals surface area contributed by atoms with Gasteiger partial charge < -0.3 is 10.1 Å². The van der Waals surface area contributed by atoms with Crippen molar-refractivity contribution >= 4 is 27.6 Å². The molecule has 144 valence electrons. The van der Waals surface area contributed by atoms with Crippen LogP contribution in [0.15, 0.2) is 24.3 Å². The van der Waals surface area contributed by atoms with Crippen molar-refractivity contribution in [3.8, 4) is 0 Å². The summed E-state index contributed by atoms with van der Waals surface area (Å²) in [6.45, 7) is 2.04. The van der Waals surface area contributed by atoms with Crippen LogP contribution in [0, 0.1) is 0 Å². The van der Waals surface area contributed by atoms with Crippen molar-refractivity contribution < 1.29 is 22.7 Å². The molecule has 1 aliphatic carbocycles. The van der Waals surface area contributed by atoms with Crippen molar-refractivity contribution in [3.05, 3.63) is 29.8 Å². The van der Waals surface area contributed by atoms with Crippen molar-refractivity contribution in [1.29, 1.82) is 0 Å². The number of hydrogen-bond donors (Lipinski definition) is 1. The van der Waals surface area contributed by atoms with E-state index < -0.39 is 16.0 Å². The standard InChI is InChI=1S/C18H26N2O5S/c1-3-25-18(22)14-8-10-16(11-9-14)20(26(2,23)24)13-12-17(21)19-15-6-4-5-7-15/h8-11,15H,3-7,12-13H2,1-2H3,(H,19,21). The highest BCUT2D eigenvalue weighted by Crippen LogP contribution is 2.20. The Hall–Kier alpha value is -2.09. The molecular weight excluding hydrogens is 356 g/mol. The van der Waals surface area contributed by atoms with Gasteiger partial charge in [0.1, 0.15) is 0 Å². The van der Waals surface area contributed by atoms with Gasteiger partial charge in [-0.05, 0) is 44.0 Å². The number of amides is 1. The van der Waals surface area contributed by atoms with E-state index in [4.69, 9.17) is 4.74 Å². The van der Waals surface area contributed by atoms with E-state index in [1.54, 1.807) is 19.1 Å². The van der Waals surface area contributed by atoms with Gasteiger partial charge in [-0.2, -0.15) is 0 Å². The van der Waals surface area contributed by atoms with Gasteiger partial charge >= 0.3 is 5.97 Å². The summed E-state index contributed by atoms with van der Waals surface area (Å²) in [7, 11) is -3.55. The molecule has 1 aromatic rings. The van der Waals surface area contributed by atoms with Crippen LogP contribution in [0.2, 0.25) is 0 Å². The van der Waals surface area contributed by atoms with Crippen LogP contribution < -0.4 is 9.62 Å². The van der Waals surface area contributed by atoms with Gasteiger partial charge in [-0.1, -0.05) is 12.8 Å². The Morgan fingerprint density at radius 2 is 1.81 bits per heavy atom. The smallest absolute Gasteiger partial charge is 0.338 e. The fourth-order valence-electron chi connectivity index (χ4n) is 3.04. The SMILES string of the molecule is CCOC(=O)c1ccc(N(CCC(=O)NC2CCCC2)S(C)(=O)=O)cc1. The molecule has 0 atom stereocenters. The fourth-order valence-corrected chi connectivity index (χ4v) is 3.97. The monoisotopic (exact) mass is 382 g/mol. The van der Waals surface area contributed by atoms with Crippen molar-refractivity contribution in [1.82, 2.24) is 5.32 Å². The van der Waals surface area contributed by atoms with Crippen LogP contribution in [0.1, 0.15) is 49.4 Å². The number of nitrogens with zero attached hydrogens (tertiary/aromatic N) is 1. The van der Waals surface area contributed by atoms with Crippen molar-refractivity contribution in [2.75, 3.05) is 23.7 Å². The number of hydrogen-bond acceptors (Lipinski definition) is 5. The molecule has 1 fully saturated rings. The highest BCUT2D eigenvalue weighted by Gasteiger charge is 2.21. The second kappa shape index (κ2) is 9.02. The topological polar surface area (TPSA) is 92.8 Å². The van der Waals surface area contributed by atoms with E-state index in [-0.39, 0.29) is 31.5 Å². The summed E-state index contributed by atoms with van der Waals surface area (Å²) in [6.07, 6.45) is 5.39. The molecule has 1 amide bonds. The van der Waals surface area contributed by atoms with E-state index in [0.29, 0.717) is 11.3 Å². The lowest BCUT2D eigenvalue weighted by atomic mass is 10.2. The van der Waals surface area contributed by atoms with E-state index in [9.17, 15) is 18.0 Å². The first-order valence-electron chi connectivity index (χ1n) is 8.85. The van der Waals surface area contributed by atoms with Crippen molar-refractivity contribution in [2.24, 2.45) is 0 Å². The molecule has 0 radical (unpaired) electrons. The molecule has 26 heavy (non-hydrogen) atoms. The maximum Gasteiger partial charge on any atom is 0.338 e. The molecule has 1 aliphatic rings. The zero-order chi connectivity index (χ0) is 19.2. The number of sulfonamides is 1. The van der Waals surface area contributed by atoms with Gasteiger partial charge in [-0.15, -0.1) is 0 Å². The Morgan fingerprint density at radius 1 is 1.19 bits per heavy atom. The van der Waals surface area contributed by atoms with Crippen molar-refractivity contribution in [2.45, 2.75) is 45.1 Å². The van der Waals surface area contributed by atoms with Crippen LogP contribution in [0.3, 0.4) is 0 Å². The molecule has 1 aromatic carbocycles. The van der Waals surface area contributed by atoms with Crippen LogP contribution in [-0.2, 0) is 19.6 Å². The molecular formula is C18H26N2O5S. The van der Waals surface area contributed by atoms with Crippen LogP contribution in [0.5, 0.6) is 0 Å². The summed E-state index contributed by atoms with van der Waals surface area (Å²) >= 11 is 0. The first kappa shape index (κ1) is 20.2. The van der Waals surface area contributed by atoms with Gasteiger partial charge in [0.25, 0.3) is 0 Å². The van der Waals surface area contributed by atoms with Gasteiger partial charge in [-0.3, -0.25) is 9.10 Å². The highest BCUT2D eigenvalue weighted by atomic mass is 32.2. The minimum absolute atomic E-state index is 0.0517. The molecule has 0 heterocycles. The summed E-state index contributed by atoms with van der Waals surface area (Å²) in [6, 6.07) is 6.33. The predicted molar refractivity (Wildman–Crippen MR) is 99.6 cm³/mol. The first-order valence-corrected chi connectivity index (χ1v) is 10.7. The number of rotatable bonds is 8. The van der Waals surface area contributed by atoms with Crippen LogP contribution in [0.4, 0.5) is 5.69 Å². The lowest BCUT2D eigenvalue weighted by Crippen LogP contribution is -2.37. The molecule has 0 saturated heterocycles. The van der Waals surface area contributed by atoms with E-state index in [1.807, 2.05) is 0 Å². The third-order valence-electron chi connectivity index (χ3n) is 4.33. The number of anilines is 1. The number of esters is 1. The Bertz CT molecular complexity index is 724. The highest BCUT2D eigenvalue weighted by molar-refractivity contribution is 7.92. The molecule has 7 nitrogen and oxygen atoms in total. The van der Waals surface area contributed by atoms with Gasteiger partial charge in [0.15, 0.2) is 0 Å². The number of carbonyl (C=O) groups excluding carboxylic acids is 2. The largest absolute Gasteiger partial charge is 0.462 e. The zero-order valence-electron chi connectivity index (χ0n) is 15.2. The van der Waals surface area contributed by atoms with Crippen LogP contribution >= 0.6 is 0 Å². The summed E-state index contributed by atoms with van der Waals surface area (Å²) in [5.74, 6) is -0.602. The molecule has 0 unspecified atom stereocenters. The van der Waals surface area contributed by atoms with Crippen LogP contribution in [0.25, 0.3) is 0 Å². The normalized spacial score (nSPS) is 14.8. The van der Waals surface area contributed by atoms with E-state index >= 15 is 0 Å². The molecule has 0 bridgehead atoms. The summed E-state index contributed by atoms with van der Waals surface area (Å²) < 4.78 is 30.3. The summed E-state index contributed by atoms with van der Waals surface area (Å²) in [5.41, 5.74) is 0.761. The zero-order valence-corrected chi connectivity index (χ0v) is 16.0. The minimum atomic E-state index is -3.55. The second-order valence-corrected chi connectivity index (χ2v) is 8.31. The second-order valence-electron chi connectivity index (χ2n) is 6.40. The number of ether oxygens (including phenoxy) is 1. The fraction of sp³-hybridized carbons (Fsp3) is 0.556. The molecule has 0 spiro atoms. The molecule has 0 aromatic heterocycles. The Balaban J connectivity index is 2.02. The maximum absolute atomic E-state index is 12.1. The Labute approximate surface area is 154 Å². The molecule has 1 N–H and O–H groups in total. The Morgan fingerprint density at radius 3 is 2.35 bits per heavy atom. The maximum atomic E-state index is 12.1. The minimum Gasteiger partial charge on any atom is -0.462 e. The average Bonchev–Trinajstić information content (AvgIpc) is 3.07. The summed E-state index contributed by atoms with van der Waals surface area (Å²) in [4.78, 5) is 23.8. The number of benzene rings is 1.